The zero-order valence-electron chi connectivity index (χ0n) is 11.2. The standard InChI is InChI=1S/C16H16Br2O/c1-10-4-5-12(17)9-15(10)16(18)14-7-6-13(19-3)8-11(14)2/h4-9,16H,1-3H3. The number of hydrogen-bond donors (Lipinski definition) is 0. The summed E-state index contributed by atoms with van der Waals surface area (Å²) in [6.07, 6.45) is 0. The molecule has 0 radical (unpaired) electrons. The molecule has 19 heavy (non-hydrogen) atoms. The molecule has 1 nitrogen and oxygen atoms in total. The highest BCUT2D eigenvalue weighted by atomic mass is 79.9. The molecule has 0 aromatic heterocycles. The van der Waals surface area contributed by atoms with Crippen molar-refractivity contribution in [1.29, 1.82) is 0 Å². The van der Waals surface area contributed by atoms with E-state index in [1.807, 2.05) is 6.07 Å². The minimum atomic E-state index is 0.191. The lowest BCUT2D eigenvalue weighted by Gasteiger charge is -2.17. The van der Waals surface area contributed by atoms with Crippen LogP contribution in [-0.4, -0.2) is 7.11 Å². The summed E-state index contributed by atoms with van der Waals surface area (Å²) < 4.78 is 6.36. The zero-order valence-corrected chi connectivity index (χ0v) is 14.4. The summed E-state index contributed by atoms with van der Waals surface area (Å²) in [5.41, 5.74) is 5.05. The molecule has 100 valence electrons. The fourth-order valence-electron chi connectivity index (χ4n) is 2.11. The number of rotatable bonds is 3. The van der Waals surface area contributed by atoms with Gasteiger partial charge in [0.2, 0.25) is 0 Å². The molecule has 0 aliphatic carbocycles. The average molecular weight is 384 g/mol. The summed E-state index contributed by atoms with van der Waals surface area (Å²) in [6.45, 7) is 4.24. The highest BCUT2D eigenvalue weighted by Gasteiger charge is 2.15. The van der Waals surface area contributed by atoms with Crippen LogP contribution in [-0.2, 0) is 0 Å². The van der Waals surface area contributed by atoms with Gasteiger partial charge in [-0.25, -0.2) is 0 Å². The Bertz CT molecular complexity index is 593. The summed E-state index contributed by atoms with van der Waals surface area (Å²) in [4.78, 5) is 0.191. The summed E-state index contributed by atoms with van der Waals surface area (Å²) in [5, 5.41) is 0. The van der Waals surface area contributed by atoms with Crippen LogP contribution in [0, 0.1) is 13.8 Å². The Labute approximate surface area is 131 Å². The summed E-state index contributed by atoms with van der Waals surface area (Å²) in [7, 11) is 1.69. The van der Waals surface area contributed by atoms with Crippen LogP contribution in [0.5, 0.6) is 5.75 Å². The molecule has 0 saturated carbocycles. The highest BCUT2D eigenvalue weighted by molar-refractivity contribution is 9.10. The van der Waals surface area contributed by atoms with E-state index in [4.69, 9.17) is 4.74 Å². The van der Waals surface area contributed by atoms with Gasteiger partial charge in [-0.05, 0) is 60.4 Å². The Morgan fingerprint density at radius 2 is 1.68 bits per heavy atom. The monoisotopic (exact) mass is 382 g/mol. The predicted molar refractivity (Wildman–Crippen MR) is 87.4 cm³/mol. The molecule has 0 aliphatic heterocycles. The molecule has 0 bridgehead atoms. The van der Waals surface area contributed by atoms with Gasteiger partial charge in [0.05, 0.1) is 11.9 Å². The minimum Gasteiger partial charge on any atom is -0.497 e. The van der Waals surface area contributed by atoms with Crippen molar-refractivity contribution >= 4 is 31.9 Å². The van der Waals surface area contributed by atoms with Crippen LogP contribution < -0.4 is 4.74 Å². The van der Waals surface area contributed by atoms with Crippen LogP contribution in [0.2, 0.25) is 0 Å². The normalized spacial score (nSPS) is 12.3. The van der Waals surface area contributed by atoms with E-state index in [0.29, 0.717) is 0 Å². The van der Waals surface area contributed by atoms with Crippen LogP contribution in [0.15, 0.2) is 40.9 Å². The molecule has 0 fully saturated rings. The number of halogens is 2. The second-order valence-corrected chi connectivity index (χ2v) is 6.42. The van der Waals surface area contributed by atoms with E-state index in [1.54, 1.807) is 7.11 Å². The van der Waals surface area contributed by atoms with Crippen LogP contribution in [0.4, 0.5) is 0 Å². The lowest BCUT2D eigenvalue weighted by molar-refractivity contribution is 0.414. The topological polar surface area (TPSA) is 9.23 Å². The molecule has 0 aliphatic rings. The number of alkyl halides is 1. The summed E-state index contributed by atoms with van der Waals surface area (Å²) in [5.74, 6) is 0.895. The third-order valence-electron chi connectivity index (χ3n) is 3.26. The average Bonchev–Trinajstić information content (AvgIpc) is 2.40. The largest absolute Gasteiger partial charge is 0.497 e. The van der Waals surface area contributed by atoms with E-state index in [1.165, 1.54) is 22.3 Å². The fourth-order valence-corrected chi connectivity index (χ4v) is 3.50. The molecule has 2 aromatic carbocycles. The van der Waals surface area contributed by atoms with Crippen molar-refractivity contribution in [3.63, 3.8) is 0 Å². The second-order valence-electron chi connectivity index (χ2n) is 4.59. The van der Waals surface area contributed by atoms with Crippen molar-refractivity contribution in [2.24, 2.45) is 0 Å². The van der Waals surface area contributed by atoms with Crippen LogP contribution in [0.25, 0.3) is 0 Å². The first-order valence-electron chi connectivity index (χ1n) is 6.07. The van der Waals surface area contributed by atoms with E-state index < -0.39 is 0 Å². The van der Waals surface area contributed by atoms with E-state index in [9.17, 15) is 0 Å². The van der Waals surface area contributed by atoms with Crippen molar-refractivity contribution in [1.82, 2.24) is 0 Å². The minimum absolute atomic E-state index is 0.191. The Hall–Kier alpha value is -0.800. The van der Waals surface area contributed by atoms with Crippen LogP contribution in [0.3, 0.4) is 0 Å². The maximum Gasteiger partial charge on any atom is 0.119 e. The molecule has 0 N–H and O–H groups in total. The first kappa shape index (κ1) is 14.6. The highest BCUT2D eigenvalue weighted by Crippen LogP contribution is 2.36. The molecule has 0 saturated heterocycles. The van der Waals surface area contributed by atoms with Crippen LogP contribution in [0.1, 0.15) is 27.1 Å². The second kappa shape index (κ2) is 6.10. The van der Waals surface area contributed by atoms with Crippen molar-refractivity contribution in [2.45, 2.75) is 18.7 Å². The maximum absolute atomic E-state index is 5.26. The van der Waals surface area contributed by atoms with Gasteiger partial charge in [-0.1, -0.05) is 44.0 Å². The molecule has 3 heteroatoms. The molecular formula is C16H16Br2O. The molecule has 0 spiro atoms. The lowest BCUT2D eigenvalue weighted by atomic mass is 9.97. The van der Waals surface area contributed by atoms with Gasteiger partial charge >= 0.3 is 0 Å². The van der Waals surface area contributed by atoms with Gasteiger partial charge in [-0.2, -0.15) is 0 Å². The molecular weight excluding hydrogens is 368 g/mol. The Balaban J connectivity index is 2.43. The molecule has 0 heterocycles. The maximum atomic E-state index is 5.26. The number of methoxy groups -OCH3 is 1. The molecule has 2 aromatic rings. The Kier molecular flexibility index (Phi) is 4.69. The molecule has 0 amide bonds. The van der Waals surface area contributed by atoms with E-state index in [0.717, 1.165) is 10.2 Å². The number of aryl methyl sites for hydroxylation is 2. The number of benzene rings is 2. The molecule has 1 unspecified atom stereocenters. The van der Waals surface area contributed by atoms with E-state index in [-0.39, 0.29) is 4.83 Å². The predicted octanol–water partition coefficient (Wildman–Crippen LogP) is 5.56. The van der Waals surface area contributed by atoms with Gasteiger partial charge in [0.1, 0.15) is 5.75 Å². The van der Waals surface area contributed by atoms with Crippen molar-refractivity contribution in [3.8, 4) is 5.75 Å². The van der Waals surface area contributed by atoms with Crippen LogP contribution >= 0.6 is 31.9 Å². The van der Waals surface area contributed by atoms with Gasteiger partial charge in [-0.3, -0.25) is 0 Å². The van der Waals surface area contributed by atoms with Crippen molar-refractivity contribution in [2.75, 3.05) is 7.11 Å². The van der Waals surface area contributed by atoms with E-state index >= 15 is 0 Å². The smallest absolute Gasteiger partial charge is 0.119 e. The van der Waals surface area contributed by atoms with Gasteiger partial charge in [0.15, 0.2) is 0 Å². The summed E-state index contributed by atoms with van der Waals surface area (Å²) >= 11 is 7.35. The lowest BCUT2D eigenvalue weighted by Crippen LogP contribution is -1.99. The fraction of sp³-hybridized carbons (Fsp3) is 0.250. The number of hydrogen-bond acceptors (Lipinski definition) is 1. The quantitative estimate of drug-likeness (QED) is 0.630. The van der Waals surface area contributed by atoms with Gasteiger partial charge in [0, 0.05) is 4.47 Å². The Morgan fingerprint density at radius 3 is 2.32 bits per heavy atom. The molecule has 2 rings (SSSR count). The summed E-state index contributed by atoms with van der Waals surface area (Å²) in [6, 6.07) is 12.6. The van der Waals surface area contributed by atoms with Gasteiger partial charge in [-0.15, -0.1) is 0 Å². The first-order chi connectivity index (χ1) is 9.02. The Morgan fingerprint density at radius 1 is 0.947 bits per heavy atom. The zero-order chi connectivity index (χ0) is 14.0. The van der Waals surface area contributed by atoms with Crippen molar-refractivity contribution in [3.05, 3.63) is 63.1 Å². The number of ether oxygens (including phenoxy) is 1. The SMILES string of the molecule is COc1ccc(C(Br)c2cc(Br)ccc2C)c(C)c1. The van der Waals surface area contributed by atoms with Crippen molar-refractivity contribution < 1.29 is 4.74 Å². The van der Waals surface area contributed by atoms with E-state index in [2.05, 4.69) is 76.0 Å². The van der Waals surface area contributed by atoms with Gasteiger partial charge < -0.3 is 4.74 Å². The third-order valence-corrected chi connectivity index (χ3v) is 4.74. The first-order valence-corrected chi connectivity index (χ1v) is 7.78. The molecule has 1 atom stereocenters. The van der Waals surface area contributed by atoms with Gasteiger partial charge in [0.25, 0.3) is 0 Å². The third kappa shape index (κ3) is 3.21.